The first-order chi connectivity index (χ1) is 12.5. The van der Waals surface area contributed by atoms with Gasteiger partial charge in [0.15, 0.2) is 0 Å². The number of alkyl halides is 2. The number of carbonyl (C=O) groups is 1. The summed E-state index contributed by atoms with van der Waals surface area (Å²) in [5.74, 6) is -0.444. The van der Waals surface area contributed by atoms with Crippen molar-refractivity contribution in [2.24, 2.45) is 5.10 Å². The number of ether oxygens (including phenoxy) is 1. The van der Waals surface area contributed by atoms with E-state index in [0.29, 0.717) is 27.7 Å². The summed E-state index contributed by atoms with van der Waals surface area (Å²) in [7, 11) is 0. The van der Waals surface area contributed by atoms with E-state index in [0.717, 1.165) is 0 Å². The Labute approximate surface area is 148 Å². The Bertz CT molecular complexity index is 974. The summed E-state index contributed by atoms with van der Waals surface area (Å²) in [6, 6.07) is 15.1. The number of para-hydroxylation sites is 2. The number of aryl methyl sites for hydroxylation is 1. The average molecular weight is 355 g/mol. The molecule has 0 spiro atoms. The molecule has 0 bridgehead atoms. The standard InChI is InChI=1S/C19H15F2N3O2/c1-12-10-15(14-7-3-4-8-16(14)23-12)18(25)24-22-11-13-6-2-5-9-17(13)26-19(20)21/h2-11,19H,1H3,(H,24,25)/b22-11+. The van der Waals surface area contributed by atoms with Gasteiger partial charge >= 0.3 is 6.61 Å². The van der Waals surface area contributed by atoms with Gasteiger partial charge in [0.25, 0.3) is 5.91 Å². The molecule has 132 valence electrons. The number of amides is 1. The molecule has 3 rings (SSSR count). The number of carbonyl (C=O) groups excluding carboxylic acids is 1. The van der Waals surface area contributed by atoms with Gasteiger partial charge in [-0.25, -0.2) is 5.43 Å². The van der Waals surface area contributed by atoms with Gasteiger partial charge < -0.3 is 4.74 Å². The second-order valence-electron chi connectivity index (χ2n) is 5.44. The number of hydrazone groups is 1. The van der Waals surface area contributed by atoms with Gasteiger partial charge in [0.1, 0.15) is 5.75 Å². The fourth-order valence-electron chi connectivity index (χ4n) is 2.51. The van der Waals surface area contributed by atoms with Gasteiger partial charge in [0.2, 0.25) is 0 Å². The highest BCUT2D eigenvalue weighted by molar-refractivity contribution is 6.06. The molecule has 1 heterocycles. The Balaban J connectivity index is 1.81. The third kappa shape index (κ3) is 4.00. The van der Waals surface area contributed by atoms with E-state index in [1.165, 1.54) is 12.3 Å². The van der Waals surface area contributed by atoms with Crippen LogP contribution in [-0.4, -0.2) is 23.7 Å². The van der Waals surface area contributed by atoms with E-state index in [-0.39, 0.29) is 5.75 Å². The topological polar surface area (TPSA) is 63.6 Å². The number of rotatable bonds is 5. The minimum atomic E-state index is -2.94. The number of pyridine rings is 1. The first-order valence-corrected chi connectivity index (χ1v) is 7.78. The van der Waals surface area contributed by atoms with Crippen molar-refractivity contribution in [3.8, 4) is 5.75 Å². The normalized spacial score (nSPS) is 11.2. The minimum Gasteiger partial charge on any atom is -0.434 e. The van der Waals surface area contributed by atoms with Crippen molar-refractivity contribution in [3.63, 3.8) is 0 Å². The van der Waals surface area contributed by atoms with Crippen LogP contribution in [0.3, 0.4) is 0 Å². The molecule has 0 aliphatic rings. The van der Waals surface area contributed by atoms with Crippen LogP contribution in [-0.2, 0) is 0 Å². The van der Waals surface area contributed by atoms with Crippen LogP contribution in [0.5, 0.6) is 5.75 Å². The highest BCUT2D eigenvalue weighted by Crippen LogP contribution is 2.19. The maximum Gasteiger partial charge on any atom is 0.387 e. The third-order valence-electron chi connectivity index (χ3n) is 3.59. The van der Waals surface area contributed by atoms with Crippen molar-refractivity contribution in [3.05, 3.63) is 71.4 Å². The number of nitrogens with zero attached hydrogens (tertiary/aromatic N) is 2. The maximum absolute atomic E-state index is 12.5. The summed E-state index contributed by atoms with van der Waals surface area (Å²) >= 11 is 0. The number of fused-ring (bicyclic) bond motifs is 1. The van der Waals surface area contributed by atoms with Gasteiger partial charge in [0.05, 0.1) is 17.3 Å². The lowest BCUT2D eigenvalue weighted by molar-refractivity contribution is -0.0499. The van der Waals surface area contributed by atoms with E-state index < -0.39 is 12.5 Å². The molecule has 1 aromatic heterocycles. The number of hydrogen-bond donors (Lipinski definition) is 1. The van der Waals surface area contributed by atoms with E-state index in [1.807, 2.05) is 18.2 Å². The molecule has 0 saturated heterocycles. The molecular formula is C19H15F2N3O2. The Kier molecular flexibility index (Phi) is 5.17. The fraction of sp³-hybridized carbons (Fsp3) is 0.105. The summed E-state index contributed by atoms with van der Waals surface area (Å²) < 4.78 is 29.2. The number of hydrogen-bond acceptors (Lipinski definition) is 4. The molecule has 7 heteroatoms. The molecule has 3 aromatic rings. The fourth-order valence-corrected chi connectivity index (χ4v) is 2.51. The van der Waals surface area contributed by atoms with Gasteiger partial charge in [-0.05, 0) is 31.2 Å². The molecule has 0 unspecified atom stereocenters. The molecule has 0 aliphatic heterocycles. The molecule has 5 nitrogen and oxygen atoms in total. The second-order valence-corrected chi connectivity index (χ2v) is 5.44. The summed E-state index contributed by atoms with van der Waals surface area (Å²) in [4.78, 5) is 16.8. The smallest absolute Gasteiger partial charge is 0.387 e. The summed E-state index contributed by atoms with van der Waals surface area (Å²) in [5.41, 5.74) is 4.57. The van der Waals surface area contributed by atoms with E-state index in [9.17, 15) is 13.6 Å². The van der Waals surface area contributed by atoms with Crippen LogP contribution in [0.1, 0.15) is 21.6 Å². The van der Waals surface area contributed by atoms with E-state index in [1.54, 1.807) is 37.3 Å². The number of aromatic nitrogens is 1. The van der Waals surface area contributed by atoms with Crippen LogP contribution >= 0.6 is 0 Å². The molecule has 0 saturated carbocycles. The highest BCUT2D eigenvalue weighted by Gasteiger charge is 2.11. The molecule has 0 aliphatic carbocycles. The third-order valence-corrected chi connectivity index (χ3v) is 3.59. The van der Waals surface area contributed by atoms with Gasteiger partial charge in [-0.1, -0.05) is 30.3 Å². The lowest BCUT2D eigenvalue weighted by Crippen LogP contribution is -2.18. The molecule has 1 amide bonds. The number of nitrogens with one attached hydrogen (secondary N) is 1. The van der Waals surface area contributed by atoms with E-state index in [2.05, 4.69) is 20.2 Å². The zero-order valence-corrected chi connectivity index (χ0v) is 13.8. The summed E-state index contributed by atoms with van der Waals surface area (Å²) in [6.07, 6.45) is 1.26. The van der Waals surface area contributed by atoms with Crippen LogP contribution in [0.25, 0.3) is 10.9 Å². The van der Waals surface area contributed by atoms with Gasteiger partial charge in [0, 0.05) is 16.6 Å². The molecule has 1 N–H and O–H groups in total. The molecule has 2 aromatic carbocycles. The first-order valence-electron chi connectivity index (χ1n) is 7.78. The monoisotopic (exact) mass is 355 g/mol. The van der Waals surface area contributed by atoms with Crippen molar-refractivity contribution in [2.75, 3.05) is 0 Å². The van der Waals surface area contributed by atoms with Crippen molar-refractivity contribution in [1.82, 2.24) is 10.4 Å². The maximum atomic E-state index is 12.5. The molecule has 0 radical (unpaired) electrons. The Hall–Kier alpha value is -3.35. The lowest BCUT2D eigenvalue weighted by Gasteiger charge is -2.08. The largest absolute Gasteiger partial charge is 0.434 e. The van der Waals surface area contributed by atoms with Crippen LogP contribution in [0, 0.1) is 6.92 Å². The summed E-state index contributed by atoms with van der Waals surface area (Å²) in [5, 5.41) is 4.55. The van der Waals surface area contributed by atoms with Gasteiger partial charge in [-0.2, -0.15) is 13.9 Å². The first kappa shape index (κ1) is 17.5. The van der Waals surface area contributed by atoms with Crippen LogP contribution in [0.4, 0.5) is 8.78 Å². The quantitative estimate of drug-likeness (QED) is 0.557. The average Bonchev–Trinajstić information content (AvgIpc) is 2.62. The summed E-state index contributed by atoms with van der Waals surface area (Å²) in [6.45, 7) is -1.14. The van der Waals surface area contributed by atoms with Crippen molar-refractivity contribution in [2.45, 2.75) is 13.5 Å². The van der Waals surface area contributed by atoms with E-state index >= 15 is 0 Å². The number of halogens is 2. The van der Waals surface area contributed by atoms with E-state index in [4.69, 9.17) is 0 Å². The lowest BCUT2D eigenvalue weighted by atomic mass is 10.1. The zero-order chi connectivity index (χ0) is 18.5. The molecule has 0 atom stereocenters. The molecule has 0 fully saturated rings. The second kappa shape index (κ2) is 7.69. The highest BCUT2D eigenvalue weighted by atomic mass is 19.3. The SMILES string of the molecule is Cc1cc(C(=O)N/N=C/c2ccccc2OC(F)F)c2ccccc2n1. The van der Waals surface area contributed by atoms with Crippen LogP contribution in [0.2, 0.25) is 0 Å². The molecular weight excluding hydrogens is 340 g/mol. The number of benzene rings is 2. The predicted molar refractivity (Wildman–Crippen MR) is 94.6 cm³/mol. The van der Waals surface area contributed by atoms with Crippen molar-refractivity contribution < 1.29 is 18.3 Å². The van der Waals surface area contributed by atoms with Gasteiger partial charge in [-0.15, -0.1) is 0 Å². The Morgan fingerprint density at radius 2 is 1.92 bits per heavy atom. The van der Waals surface area contributed by atoms with Gasteiger partial charge in [-0.3, -0.25) is 9.78 Å². The zero-order valence-electron chi connectivity index (χ0n) is 13.8. The van der Waals surface area contributed by atoms with Crippen molar-refractivity contribution in [1.29, 1.82) is 0 Å². The Morgan fingerprint density at radius 1 is 1.19 bits per heavy atom. The predicted octanol–water partition coefficient (Wildman–Crippen LogP) is 3.91. The molecule has 26 heavy (non-hydrogen) atoms. The van der Waals surface area contributed by atoms with Crippen LogP contribution in [0.15, 0.2) is 59.7 Å². The minimum absolute atomic E-state index is 0.0225. The Morgan fingerprint density at radius 3 is 2.73 bits per heavy atom. The van der Waals surface area contributed by atoms with Crippen molar-refractivity contribution >= 4 is 23.0 Å². The van der Waals surface area contributed by atoms with Crippen LogP contribution < -0.4 is 10.2 Å².